The highest BCUT2D eigenvalue weighted by Gasteiger charge is 2.55. The highest BCUT2D eigenvalue weighted by atomic mass is 16.4. The Morgan fingerprint density at radius 1 is 1.06 bits per heavy atom. The predicted molar refractivity (Wildman–Crippen MR) is 69.2 cm³/mol. The minimum absolute atomic E-state index is 0.260. The molecule has 0 aliphatic rings. The van der Waals surface area contributed by atoms with E-state index in [-0.39, 0.29) is 6.42 Å². The van der Waals surface area contributed by atoms with E-state index in [1.54, 1.807) is 20.8 Å². The third kappa shape index (κ3) is 3.22. The fourth-order valence-corrected chi connectivity index (χ4v) is 2.32. The van der Waals surface area contributed by atoms with Crippen LogP contribution in [0.3, 0.4) is 0 Å². The largest absolute Gasteiger partial charge is 0.481 e. The standard InChI is InChI=1S/C13H25NO4/c1-11(2,3)8(7-9(15)16)13(14,10(17)18)12(4,5)6/h8H,7,14H2,1-6H3,(H,15,16)(H,17,18)/t8?,13-/m1/s1. The van der Waals surface area contributed by atoms with E-state index in [1.807, 2.05) is 20.8 Å². The zero-order chi connectivity index (χ0) is 14.9. The maximum Gasteiger partial charge on any atom is 0.324 e. The smallest absolute Gasteiger partial charge is 0.324 e. The lowest BCUT2D eigenvalue weighted by molar-refractivity contribution is -0.157. The summed E-state index contributed by atoms with van der Waals surface area (Å²) in [6.45, 7) is 10.6. The van der Waals surface area contributed by atoms with Gasteiger partial charge in [-0.15, -0.1) is 0 Å². The maximum atomic E-state index is 11.6. The molecule has 4 N–H and O–H groups in total. The Balaban J connectivity index is 5.81. The predicted octanol–water partition coefficient (Wildman–Crippen LogP) is 1.95. The van der Waals surface area contributed by atoms with E-state index in [4.69, 9.17) is 10.8 Å². The summed E-state index contributed by atoms with van der Waals surface area (Å²) >= 11 is 0. The molecule has 0 amide bonds. The molecule has 0 spiro atoms. The van der Waals surface area contributed by atoms with Gasteiger partial charge >= 0.3 is 11.9 Å². The highest BCUT2D eigenvalue weighted by molar-refractivity contribution is 5.81. The van der Waals surface area contributed by atoms with Gasteiger partial charge in [-0.2, -0.15) is 0 Å². The maximum absolute atomic E-state index is 11.6. The SMILES string of the molecule is CC(C)(C)C(CC(=O)O)[C@@](N)(C(=O)O)C(C)(C)C. The van der Waals surface area contributed by atoms with Crippen molar-refractivity contribution in [3.63, 3.8) is 0 Å². The fraction of sp³-hybridized carbons (Fsp3) is 0.846. The third-order valence-corrected chi connectivity index (χ3v) is 3.57. The molecule has 0 aromatic heterocycles. The summed E-state index contributed by atoms with van der Waals surface area (Å²) in [6.07, 6.45) is -0.260. The minimum Gasteiger partial charge on any atom is -0.481 e. The molecule has 2 atom stereocenters. The molecule has 5 heteroatoms. The molecule has 0 fully saturated rings. The van der Waals surface area contributed by atoms with Crippen LogP contribution in [0.25, 0.3) is 0 Å². The first-order chi connectivity index (χ1) is 7.74. The average molecular weight is 259 g/mol. The van der Waals surface area contributed by atoms with Gasteiger partial charge in [-0.3, -0.25) is 9.59 Å². The van der Waals surface area contributed by atoms with Crippen LogP contribution in [0.5, 0.6) is 0 Å². The van der Waals surface area contributed by atoms with Crippen molar-refractivity contribution in [1.29, 1.82) is 0 Å². The first-order valence-corrected chi connectivity index (χ1v) is 5.98. The summed E-state index contributed by atoms with van der Waals surface area (Å²) in [7, 11) is 0. The van der Waals surface area contributed by atoms with Crippen molar-refractivity contribution < 1.29 is 19.8 Å². The van der Waals surface area contributed by atoms with Crippen LogP contribution < -0.4 is 5.73 Å². The van der Waals surface area contributed by atoms with E-state index in [0.29, 0.717) is 0 Å². The van der Waals surface area contributed by atoms with Gasteiger partial charge in [-0.1, -0.05) is 41.5 Å². The van der Waals surface area contributed by atoms with Gasteiger partial charge in [0, 0.05) is 5.92 Å². The topological polar surface area (TPSA) is 101 Å². The zero-order valence-corrected chi connectivity index (χ0v) is 12.1. The van der Waals surface area contributed by atoms with E-state index in [0.717, 1.165) is 0 Å². The van der Waals surface area contributed by atoms with E-state index in [2.05, 4.69) is 0 Å². The Kier molecular flexibility index (Phi) is 4.58. The molecule has 1 unspecified atom stereocenters. The lowest BCUT2D eigenvalue weighted by Gasteiger charge is -2.48. The van der Waals surface area contributed by atoms with Crippen LogP contribution in [0.4, 0.5) is 0 Å². The number of hydrogen-bond acceptors (Lipinski definition) is 3. The van der Waals surface area contributed by atoms with Crippen LogP contribution in [0, 0.1) is 16.7 Å². The van der Waals surface area contributed by atoms with Crippen LogP contribution in [0.2, 0.25) is 0 Å². The molecule has 18 heavy (non-hydrogen) atoms. The number of carboxylic acid groups (broad SMARTS) is 2. The normalized spacial score (nSPS) is 17.9. The summed E-state index contributed by atoms with van der Waals surface area (Å²) in [5.74, 6) is -2.86. The molecular weight excluding hydrogens is 234 g/mol. The molecule has 0 heterocycles. The number of carbonyl (C=O) groups is 2. The van der Waals surface area contributed by atoms with E-state index in [9.17, 15) is 14.7 Å². The van der Waals surface area contributed by atoms with Crippen molar-refractivity contribution in [1.82, 2.24) is 0 Å². The molecule has 5 nitrogen and oxygen atoms in total. The molecule has 106 valence electrons. The highest BCUT2D eigenvalue weighted by Crippen LogP contribution is 2.44. The summed E-state index contributed by atoms with van der Waals surface area (Å²) in [4.78, 5) is 22.6. The molecule has 0 bridgehead atoms. The van der Waals surface area contributed by atoms with Crippen molar-refractivity contribution >= 4 is 11.9 Å². The zero-order valence-electron chi connectivity index (χ0n) is 12.1. The van der Waals surface area contributed by atoms with Crippen molar-refractivity contribution in [2.45, 2.75) is 53.5 Å². The van der Waals surface area contributed by atoms with Crippen molar-refractivity contribution in [3.05, 3.63) is 0 Å². The van der Waals surface area contributed by atoms with Gasteiger partial charge in [0.15, 0.2) is 0 Å². The lowest BCUT2D eigenvalue weighted by Crippen LogP contribution is -2.65. The van der Waals surface area contributed by atoms with Gasteiger partial charge in [-0.25, -0.2) is 0 Å². The minimum atomic E-state index is -1.59. The van der Waals surface area contributed by atoms with Crippen LogP contribution in [0.1, 0.15) is 48.0 Å². The van der Waals surface area contributed by atoms with Crippen molar-refractivity contribution in [3.8, 4) is 0 Å². The van der Waals surface area contributed by atoms with Crippen LogP contribution >= 0.6 is 0 Å². The Bertz CT molecular complexity index is 338. The Morgan fingerprint density at radius 2 is 1.44 bits per heavy atom. The van der Waals surface area contributed by atoms with E-state index < -0.39 is 34.2 Å². The van der Waals surface area contributed by atoms with E-state index in [1.165, 1.54) is 0 Å². The van der Waals surface area contributed by atoms with Gasteiger partial charge in [0.25, 0.3) is 0 Å². The number of rotatable bonds is 4. The first-order valence-electron chi connectivity index (χ1n) is 5.98. The number of carboxylic acids is 2. The molecule has 0 saturated carbocycles. The molecule has 0 rings (SSSR count). The second-order valence-corrected chi connectivity index (χ2v) is 6.94. The van der Waals surface area contributed by atoms with Gasteiger partial charge in [0.1, 0.15) is 5.54 Å². The van der Waals surface area contributed by atoms with Crippen molar-refractivity contribution in [2.24, 2.45) is 22.5 Å². The summed E-state index contributed by atoms with van der Waals surface area (Å²) in [5, 5.41) is 18.5. The van der Waals surface area contributed by atoms with Crippen LogP contribution in [-0.4, -0.2) is 27.7 Å². The molecule has 0 radical (unpaired) electrons. The summed E-state index contributed by atoms with van der Waals surface area (Å²) < 4.78 is 0. The summed E-state index contributed by atoms with van der Waals surface area (Å²) in [6, 6.07) is 0. The molecule has 0 aliphatic heterocycles. The molecular formula is C13H25NO4. The quantitative estimate of drug-likeness (QED) is 0.716. The lowest BCUT2D eigenvalue weighted by atomic mass is 9.58. The van der Waals surface area contributed by atoms with Gasteiger partial charge < -0.3 is 15.9 Å². The van der Waals surface area contributed by atoms with Gasteiger partial charge in [-0.05, 0) is 10.8 Å². The average Bonchev–Trinajstić information content (AvgIpc) is 2.08. The van der Waals surface area contributed by atoms with E-state index >= 15 is 0 Å². The Morgan fingerprint density at radius 3 is 1.61 bits per heavy atom. The number of nitrogens with two attached hydrogens (primary N) is 1. The van der Waals surface area contributed by atoms with Crippen LogP contribution in [-0.2, 0) is 9.59 Å². The number of hydrogen-bond donors (Lipinski definition) is 3. The molecule has 0 aromatic carbocycles. The Labute approximate surface area is 108 Å². The van der Waals surface area contributed by atoms with Gasteiger partial charge in [0.2, 0.25) is 0 Å². The molecule has 0 aromatic rings. The second kappa shape index (κ2) is 4.88. The first kappa shape index (κ1) is 16.9. The molecule has 0 aliphatic carbocycles. The van der Waals surface area contributed by atoms with Crippen LogP contribution in [0.15, 0.2) is 0 Å². The van der Waals surface area contributed by atoms with Gasteiger partial charge in [0.05, 0.1) is 6.42 Å². The monoisotopic (exact) mass is 259 g/mol. The third-order valence-electron chi connectivity index (χ3n) is 3.57. The molecule has 0 saturated heterocycles. The second-order valence-electron chi connectivity index (χ2n) is 6.94. The number of aliphatic carboxylic acids is 2. The summed E-state index contributed by atoms with van der Waals surface area (Å²) in [5.41, 5.74) is 3.28. The fourth-order valence-electron chi connectivity index (χ4n) is 2.32. The van der Waals surface area contributed by atoms with Crippen molar-refractivity contribution in [2.75, 3.05) is 0 Å². The Hall–Kier alpha value is -1.10.